The minimum Gasteiger partial charge on any atom is -0.433 e. The van der Waals surface area contributed by atoms with E-state index in [1.54, 1.807) is 4.90 Å². The average molecular weight is 428 g/mol. The SMILES string of the molecule is CC1=CCC2N(C(c3ccccc3)c3ccccc3)C(=O)OC2(OCc2ccccc2)O1. The number of amides is 1. The van der Waals surface area contributed by atoms with Gasteiger partial charge in [0.25, 0.3) is 0 Å². The Labute approximate surface area is 187 Å². The van der Waals surface area contributed by atoms with E-state index in [4.69, 9.17) is 14.2 Å². The maximum atomic E-state index is 13.4. The monoisotopic (exact) mass is 427 g/mol. The fourth-order valence-electron chi connectivity index (χ4n) is 4.41. The van der Waals surface area contributed by atoms with Gasteiger partial charge in [0.2, 0.25) is 0 Å². The molecule has 5 rings (SSSR count). The molecule has 2 aliphatic heterocycles. The second-order valence-electron chi connectivity index (χ2n) is 8.05. The van der Waals surface area contributed by atoms with E-state index in [9.17, 15) is 4.79 Å². The van der Waals surface area contributed by atoms with Crippen LogP contribution >= 0.6 is 0 Å². The van der Waals surface area contributed by atoms with Gasteiger partial charge in [-0.25, -0.2) is 4.79 Å². The highest BCUT2D eigenvalue weighted by molar-refractivity contribution is 5.73. The number of nitrogens with zero attached hydrogens (tertiary/aromatic N) is 1. The van der Waals surface area contributed by atoms with Crippen LogP contribution in [0.2, 0.25) is 0 Å². The molecule has 2 aliphatic rings. The van der Waals surface area contributed by atoms with Gasteiger partial charge in [0, 0.05) is 0 Å². The van der Waals surface area contributed by atoms with Crippen LogP contribution in [0.15, 0.2) is 103 Å². The second-order valence-corrected chi connectivity index (χ2v) is 8.05. The highest BCUT2D eigenvalue weighted by Crippen LogP contribution is 2.45. The number of fused-ring (bicyclic) bond motifs is 1. The molecule has 0 N–H and O–H groups in total. The van der Waals surface area contributed by atoms with Gasteiger partial charge in [-0.3, -0.25) is 4.90 Å². The third-order valence-corrected chi connectivity index (χ3v) is 5.91. The van der Waals surface area contributed by atoms with E-state index in [1.165, 1.54) is 0 Å². The molecule has 0 saturated carbocycles. The van der Waals surface area contributed by atoms with Gasteiger partial charge in [-0.2, -0.15) is 0 Å². The number of allylic oxidation sites excluding steroid dienone is 1. The molecule has 0 aliphatic carbocycles. The summed E-state index contributed by atoms with van der Waals surface area (Å²) >= 11 is 0. The maximum Gasteiger partial charge on any atom is 0.416 e. The Morgan fingerprint density at radius 3 is 2.06 bits per heavy atom. The van der Waals surface area contributed by atoms with E-state index in [-0.39, 0.29) is 12.6 Å². The summed E-state index contributed by atoms with van der Waals surface area (Å²) in [4.78, 5) is 15.1. The van der Waals surface area contributed by atoms with Crippen molar-refractivity contribution in [2.45, 2.75) is 38.0 Å². The average Bonchev–Trinajstić information content (AvgIpc) is 3.11. The zero-order chi connectivity index (χ0) is 22.0. The fourth-order valence-corrected chi connectivity index (χ4v) is 4.41. The van der Waals surface area contributed by atoms with Gasteiger partial charge in [0.1, 0.15) is 6.04 Å². The van der Waals surface area contributed by atoms with Gasteiger partial charge >= 0.3 is 12.1 Å². The van der Waals surface area contributed by atoms with Gasteiger partial charge in [0.05, 0.1) is 18.4 Å². The summed E-state index contributed by atoms with van der Waals surface area (Å²) in [6, 6.07) is 29.0. The zero-order valence-corrected chi connectivity index (χ0v) is 17.9. The molecule has 1 fully saturated rings. The van der Waals surface area contributed by atoms with Crippen molar-refractivity contribution in [2.24, 2.45) is 0 Å². The fraction of sp³-hybridized carbons (Fsp3) is 0.222. The van der Waals surface area contributed by atoms with E-state index >= 15 is 0 Å². The molecule has 3 aromatic carbocycles. The van der Waals surface area contributed by atoms with Crippen LogP contribution in [-0.4, -0.2) is 23.0 Å². The predicted molar refractivity (Wildman–Crippen MR) is 120 cm³/mol. The number of hydrogen-bond acceptors (Lipinski definition) is 4. The van der Waals surface area contributed by atoms with Crippen molar-refractivity contribution in [3.05, 3.63) is 120 Å². The lowest BCUT2D eigenvalue weighted by Gasteiger charge is -2.38. The summed E-state index contributed by atoms with van der Waals surface area (Å²) in [7, 11) is 0. The predicted octanol–water partition coefficient (Wildman–Crippen LogP) is 5.79. The Balaban J connectivity index is 1.54. The minimum atomic E-state index is -1.49. The van der Waals surface area contributed by atoms with Crippen LogP contribution in [0, 0.1) is 0 Å². The molecule has 1 amide bonds. The van der Waals surface area contributed by atoms with Gasteiger partial charge in [-0.05, 0) is 36.1 Å². The van der Waals surface area contributed by atoms with Gasteiger partial charge < -0.3 is 14.2 Å². The molecule has 5 heteroatoms. The summed E-state index contributed by atoms with van der Waals surface area (Å²) in [6.45, 7) is 2.12. The van der Waals surface area contributed by atoms with E-state index in [2.05, 4.69) is 0 Å². The Bertz CT molecular complexity index is 1060. The minimum absolute atomic E-state index is 0.271. The zero-order valence-electron chi connectivity index (χ0n) is 17.9. The number of benzene rings is 3. The first-order valence-electron chi connectivity index (χ1n) is 10.8. The summed E-state index contributed by atoms with van der Waals surface area (Å²) in [5.41, 5.74) is 2.98. The highest BCUT2D eigenvalue weighted by Gasteiger charge is 2.61. The van der Waals surface area contributed by atoms with Crippen LogP contribution < -0.4 is 0 Å². The Morgan fingerprint density at radius 1 is 0.906 bits per heavy atom. The summed E-state index contributed by atoms with van der Waals surface area (Å²) in [6.07, 6.45) is 2.10. The van der Waals surface area contributed by atoms with Crippen LogP contribution in [0.3, 0.4) is 0 Å². The van der Waals surface area contributed by atoms with Crippen molar-refractivity contribution in [1.82, 2.24) is 4.90 Å². The third kappa shape index (κ3) is 3.76. The van der Waals surface area contributed by atoms with Crippen LogP contribution in [0.4, 0.5) is 4.79 Å². The van der Waals surface area contributed by atoms with Crippen molar-refractivity contribution >= 4 is 6.09 Å². The van der Waals surface area contributed by atoms with Gasteiger partial charge in [0.15, 0.2) is 0 Å². The van der Waals surface area contributed by atoms with Crippen molar-refractivity contribution in [2.75, 3.05) is 0 Å². The van der Waals surface area contributed by atoms with Gasteiger partial charge in [-0.15, -0.1) is 0 Å². The molecule has 0 radical (unpaired) electrons. The molecular weight excluding hydrogens is 402 g/mol. The number of hydrogen-bond donors (Lipinski definition) is 0. The Hall–Kier alpha value is -3.57. The quantitative estimate of drug-likeness (QED) is 0.499. The summed E-state index contributed by atoms with van der Waals surface area (Å²) < 4.78 is 18.2. The lowest BCUT2D eigenvalue weighted by atomic mass is 9.94. The molecule has 5 nitrogen and oxygen atoms in total. The van der Waals surface area contributed by atoms with Crippen LogP contribution in [0.25, 0.3) is 0 Å². The molecule has 32 heavy (non-hydrogen) atoms. The van der Waals surface area contributed by atoms with Crippen LogP contribution in [0.1, 0.15) is 36.1 Å². The topological polar surface area (TPSA) is 48.0 Å². The number of ether oxygens (including phenoxy) is 3. The van der Waals surface area contributed by atoms with Crippen molar-refractivity contribution < 1.29 is 19.0 Å². The van der Waals surface area contributed by atoms with Gasteiger partial charge in [-0.1, -0.05) is 91.0 Å². The van der Waals surface area contributed by atoms with E-state index in [0.29, 0.717) is 12.2 Å². The van der Waals surface area contributed by atoms with Crippen molar-refractivity contribution in [3.8, 4) is 0 Å². The molecule has 0 aromatic heterocycles. The van der Waals surface area contributed by atoms with E-state index in [0.717, 1.165) is 16.7 Å². The molecule has 3 aromatic rings. The molecule has 162 valence electrons. The van der Waals surface area contributed by atoms with E-state index in [1.807, 2.05) is 104 Å². The van der Waals surface area contributed by atoms with Crippen LogP contribution in [0.5, 0.6) is 0 Å². The molecule has 2 unspecified atom stereocenters. The molecule has 0 spiro atoms. The molecular formula is C27H25NO4. The summed E-state index contributed by atoms with van der Waals surface area (Å²) in [5, 5.41) is 0. The summed E-state index contributed by atoms with van der Waals surface area (Å²) in [5.74, 6) is -0.812. The first kappa shape index (κ1) is 20.3. The van der Waals surface area contributed by atoms with Crippen LogP contribution in [-0.2, 0) is 20.8 Å². The maximum absolute atomic E-state index is 13.4. The van der Waals surface area contributed by atoms with E-state index < -0.39 is 18.1 Å². The van der Waals surface area contributed by atoms with Crippen molar-refractivity contribution in [3.63, 3.8) is 0 Å². The number of carbonyl (C=O) groups excluding carboxylic acids is 1. The first-order valence-corrected chi connectivity index (χ1v) is 10.8. The molecule has 0 bridgehead atoms. The second kappa shape index (κ2) is 8.52. The lowest BCUT2D eigenvalue weighted by molar-refractivity contribution is -0.347. The van der Waals surface area contributed by atoms with Crippen molar-refractivity contribution in [1.29, 1.82) is 0 Å². The number of rotatable bonds is 6. The smallest absolute Gasteiger partial charge is 0.416 e. The normalized spacial score (nSPS) is 22.2. The Kier molecular flexibility index (Phi) is 5.41. The standard InChI is InChI=1S/C27H25NO4/c1-20-17-18-24-27(31-20,30-19-21-11-5-2-6-12-21)32-26(29)28(24)25(22-13-7-3-8-14-22)23-15-9-4-10-16-23/h2-17,24-25H,18-19H2,1H3. The molecule has 1 saturated heterocycles. The highest BCUT2D eigenvalue weighted by atomic mass is 16.9. The first-order chi connectivity index (χ1) is 15.7. The molecule has 2 atom stereocenters. The Morgan fingerprint density at radius 2 is 1.47 bits per heavy atom. The molecule has 2 heterocycles. The third-order valence-electron chi connectivity index (χ3n) is 5.91. The lowest BCUT2D eigenvalue weighted by Crippen LogP contribution is -2.51. The number of carbonyl (C=O) groups is 1. The largest absolute Gasteiger partial charge is 0.433 e.